The van der Waals surface area contributed by atoms with E-state index in [1.807, 2.05) is 18.2 Å². The van der Waals surface area contributed by atoms with Gasteiger partial charge in [0.15, 0.2) is 5.13 Å². The SMILES string of the molecule is Nc1nc2c(-c3cccc([N+](=O)[O-])c3)cc(Cc3ccc(F)cc3)cc2s1. The van der Waals surface area contributed by atoms with Gasteiger partial charge in [0.25, 0.3) is 5.69 Å². The summed E-state index contributed by atoms with van der Waals surface area (Å²) in [5, 5.41) is 11.6. The Morgan fingerprint density at radius 3 is 2.59 bits per heavy atom. The number of rotatable bonds is 4. The molecule has 7 heteroatoms. The topological polar surface area (TPSA) is 82.0 Å². The first-order valence-electron chi connectivity index (χ1n) is 8.18. The summed E-state index contributed by atoms with van der Waals surface area (Å²) in [6.45, 7) is 0. The molecule has 0 unspecified atom stereocenters. The second kappa shape index (κ2) is 6.77. The van der Waals surface area contributed by atoms with Gasteiger partial charge in [-0.05, 0) is 47.4 Å². The van der Waals surface area contributed by atoms with Gasteiger partial charge < -0.3 is 5.73 Å². The molecule has 3 aromatic carbocycles. The maximum absolute atomic E-state index is 13.1. The van der Waals surface area contributed by atoms with Gasteiger partial charge in [-0.15, -0.1) is 0 Å². The van der Waals surface area contributed by atoms with Gasteiger partial charge in [0.2, 0.25) is 0 Å². The van der Waals surface area contributed by atoms with Crippen LogP contribution in [0, 0.1) is 15.9 Å². The van der Waals surface area contributed by atoms with Crippen molar-refractivity contribution in [2.45, 2.75) is 6.42 Å². The Hall–Kier alpha value is -3.32. The molecule has 0 spiro atoms. The number of benzene rings is 3. The van der Waals surface area contributed by atoms with Gasteiger partial charge >= 0.3 is 0 Å². The fourth-order valence-electron chi connectivity index (χ4n) is 3.05. The smallest absolute Gasteiger partial charge is 0.270 e. The number of thiazole rings is 1. The molecule has 0 atom stereocenters. The lowest BCUT2D eigenvalue weighted by Gasteiger charge is -2.08. The van der Waals surface area contributed by atoms with Crippen LogP contribution in [0.25, 0.3) is 21.3 Å². The summed E-state index contributed by atoms with van der Waals surface area (Å²) in [6, 6.07) is 16.8. The Morgan fingerprint density at radius 2 is 1.85 bits per heavy atom. The molecule has 0 saturated heterocycles. The molecule has 27 heavy (non-hydrogen) atoms. The largest absolute Gasteiger partial charge is 0.375 e. The number of nitrogens with two attached hydrogens (primary N) is 1. The Balaban J connectivity index is 1.84. The van der Waals surface area contributed by atoms with Crippen molar-refractivity contribution < 1.29 is 9.31 Å². The van der Waals surface area contributed by atoms with Crippen molar-refractivity contribution in [1.82, 2.24) is 4.98 Å². The zero-order chi connectivity index (χ0) is 19.0. The molecule has 0 aliphatic carbocycles. The number of nitro groups is 1. The maximum Gasteiger partial charge on any atom is 0.270 e. The van der Waals surface area contributed by atoms with Crippen molar-refractivity contribution in [1.29, 1.82) is 0 Å². The van der Waals surface area contributed by atoms with E-state index in [0.29, 0.717) is 17.1 Å². The summed E-state index contributed by atoms with van der Waals surface area (Å²) in [5.41, 5.74) is 10.1. The van der Waals surface area contributed by atoms with Gasteiger partial charge in [-0.25, -0.2) is 9.37 Å². The van der Waals surface area contributed by atoms with E-state index in [1.54, 1.807) is 18.2 Å². The Kier molecular flexibility index (Phi) is 4.29. The summed E-state index contributed by atoms with van der Waals surface area (Å²) in [7, 11) is 0. The number of fused-ring (bicyclic) bond motifs is 1. The summed E-state index contributed by atoms with van der Waals surface area (Å²) in [4.78, 5) is 15.1. The number of nitro benzene ring substituents is 1. The molecule has 0 fully saturated rings. The standard InChI is InChI=1S/C20H14FN3O2S/c21-15-6-4-12(5-7-15)8-13-9-17(19-18(10-13)27-20(22)23-19)14-2-1-3-16(11-14)24(25)26/h1-7,9-11H,8H2,(H2,22,23). The first-order chi connectivity index (χ1) is 13.0. The molecule has 2 N–H and O–H groups in total. The summed E-state index contributed by atoms with van der Waals surface area (Å²) < 4.78 is 14.1. The number of nitrogen functional groups attached to an aromatic ring is 1. The highest BCUT2D eigenvalue weighted by molar-refractivity contribution is 7.22. The second-order valence-electron chi connectivity index (χ2n) is 6.15. The monoisotopic (exact) mass is 379 g/mol. The summed E-state index contributed by atoms with van der Waals surface area (Å²) >= 11 is 1.37. The van der Waals surface area contributed by atoms with E-state index in [2.05, 4.69) is 4.98 Å². The number of anilines is 1. The zero-order valence-corrected chi connectivity index (χ0v) is 14.9. The molecular weight excluding hydrogens is 365 g/mol. The van der Waals surface area contributed by atoms with Crippen molar-refractivity contribution in [2.75, 3.05) is 5.73 Å². The highest BCUT2D eigenvalue weighted by atomic mass is 32.1. The normalized spacial score (nSPS) is 11.0. The second-order valence-corrected chi connectivity index (χ2v) is 7.22. The number of non-ortho nitro benzene ring substituents is 1. The van der Waals surface area contributed by atoms with Crippen LogP contribution in [-0.2, 0) is 6.42 Å². The van der Waals surface area contributed by atoms with Crippen molar-refractivity contribution >= 4 is 32.4 Å². The predicted octanol–water partition coefficient (Wildman–Crippen LogP) is 5.18. The van der Waals surface area contributed by atoms with Gasteiger partial charge in [0.05, 0.1) is 15.1 Å². The zero-order valence-electron chi connectivity index (χ0n) is 14.1. The van der Waals surface area contributed by atoms with E-state index in [0.717, 1.165) is 26.9 Å². The van der Waals surface area contributed by atoms with Crippen molar-refractivity contribution in [3.63, 3.8) is 0 Å². The van der Waals surface area contributed by atoms with E-state index in [1.165, 1.54) is 35.6 Å². The lowest BCUT2D eigenvalue weighted by Crippen LogP contribution is -1.92. The minimum Gasteiger partial charge on any atom is -0.375 e. The van der Waals surface area contributed by atoms with Crippen LogP contribution >= 0.6 is 11.3 Å². The maximum atomic E-state index is 13.1. The average molecular weight is 379 g/mol. The minimum atomic E-state index is -0.418. The number of nitrogens with zero attached hydrogens (tertiary/aromatic N) is 2. The first kappa shape index (κ1) is 17.1. The Labute approximate surface area is 158 Å². The molecule has 0 aliphatic heterocycles. The first-order valence-corrected chi connectivity index (χ1v) is 8.99. The molecule has 4 rings (SSSR count). The van der Waals surface area contributed by atoms with E-state index >= 15 is 0 Å². The van der Waals surface area contributed by atoms with Crippen molar-refractivity contribution in [3.8, 4) is 11.1 Å². The molecule has 1 aromatic heterocycles. The van der Waals surface area contributed by atoms with Gasteiger partial charge in [0.1, 0.15) is 5.82 Å². The van der Waals surface area contributed by atoms with E-state index < -0.39 is 4.92 Å². The number of aromatic nitrogens is 1. The van der Waals surface area contributed by atoms with Gasteiger partial charge in [-0.3, -0.25) is 10.1 Å². The third-order valence-corrected chi connectivity index (χ3v) is 5.09. The molecule has 1 heterocycles. The van der Waals surface area contributed by atoms with Crippen LogP contribution in [0.3, 0.4) is 0 Å². The van der Waals surface area contributed by atoms with Gasteiger partial charge in [-0.1, -0.05) is 35.6 Å². The molecule has 0 bridgehead atoms. The molecule has 134 valence electrons. The van der Waals surface area contributed by atoms with Crippen LogP contribution in [0.1, 0.15) is 11.1 Å². The van der Waals surface area contributed by atoms with E-state index in [-0.39, 0.29) is 11.5 Å². The minimum absolute atomic E-state index is 0.0211. The van der Waals surface area contributed by atoms with E-state index in [9.17, 15) is 14.5 Å². The van der Waals surface area contributed by atoms with Crippen molar-refractivity contribution in [3.05, 3.63) is 87.7 Å². The Morgan fingerprint density at radius 1 is 1.07 bits per heavy atom. The lowest BCUT2D eigenvalue weighted by molar-refractivity contribution is -0.384. The fraction of sp³-hybridized carbons (Fsp3) is 0.0500. The summed E-state index contributed by atoms with van der Waals surface area (Å²) in [6.07, 6.45) is 0.607. The van der Waals surface area contributed by atoms with E-state index in [4.69, 9.17) is 5.73 Å². The summed E-state index contributed by atoms with van der Waals surface area (Å²) in [5.74, 6) is -0.276. The number of hydrogen-bond acceptors (Lipinski definition) is 5. The average Bonchev–Trinajstić information content (AvgIpc) is 3.03. The van der Waals surface area contributed by atoms with Gasteiger partial charge in [0, 0.05) is 17.7 Å². The van der Waals surface area contributed by atoms with Gasteiger partial charge in [-0.2, -0.15) is 0 Å². The molecule has 0 aliphatic rings. The van der Waals surface area contributed by atoms with Crippen LogP contribution < -0.4 is 5.73 Å². The number of halogens is 1. The highest BCUT2D eigenvalue weighted by Crippen LogP contribution is 2.35. The lowest BCUT2D eigenvalue weighted by atomic mass is 9.98. The molecule has 0 saturated carbocycles. The number of hydrogen-bond donors (Lipinski definition) is 1. The van der Waals surface area contributed by atoms with Crippen LogP contribution in [0.2, 0.25) is 0 Å². The molecule has 4 aromatic rings. The predicted molar refractivity (Wildman–Crippen MR) is 105 cm³/mol. The molecule has 5 nitrogen and oxygen atoms in total. The van der Waals surface area contributed by atoms with Crippen LogP contribution in [0.5, 0.6) is 0 Å². The molecular formula is C20H14FN3O2S. The Bertz CT molecular complexity index is 1160. The van der Waals surface area contributed by atoms with Crippen LogP contribution in [0.4, 0.5) is 15.2 Å². The van der Waals surface area contributed by atoms with Crippen molar-refractivity contribution in [2.24, 2.45) is 0 Å². The highest BCUT2D eigenvalue weighted by Gasteiger charge is 2.14. The van der Waals surface area contributed by atoms with Crippen LogP contribution in [0.15, 0.2) is 60.7 Å². The quantitative estimate of drug-likeness (QED) is 0.391. The molecule has 0 amide bonds. The third-order valence-electron chi connectivity index (χ3n) is 4.26. The van der Waals surface area contributed by atoms with Crippen LogP contribution in [-0.4, -0.2) is 9.91 Å². The fourth-order valence-corrected chi connectivity index (χ4v) is 3.88. The molecule has 0 radical (unpaired) electrons. The third kappa shape index (κ3) is 3.50.